The zero-order valence-corrected chi connectivity index (χ0v) is 18.5. The lowest BCUT2D eigenvalue weighted by molar-refractivity contribution is 0.0734. The topological polar surface area (TPSA) is 29.5 Å². The Bertz CT molecular complexity index is 1130. The van der Waals surface area contributed by atoms with Crippen LogP contribution in [-0.2, 0) is 13.1 Å². The smallest absolute Gasteiger partial charge is 0.345 e. The standard InChI is InChI=1S/C29H27NO2/c1-22-18-23(2)28(29(31)32-26-16-10-5-11-17-26)27(19-22)30(20-24-12-6-3-7-13-24)21-25-14-8-4-9-15-25/h3-19H,20-21H2,1-2H3. The molecule has 0 aromatic heterocycles. The normalized spacial score (nSPS) is 10.6. The number of esters is 1. The highest BCUT2D eigenvalue weighted by Crippen LogP contribution is 2.30. The van der Waals surface area contributed by atoms with E-state index >= 15 is 0 Å². The van der Waals surface area contributed by atoms with Crippen LogP contribution in [0.3, 0.4) is 0 Å². The molecule has 0 saturated heterocycles. The highest BCUT2D eigenvalue weighted by atomic mass is 16.5. The maximum atomic E-state index is 13.3. The van der Waals surface area contributed by atoms with Crippen molar-refractivity contribution in [1.29, 1.82) is 0 Å². The number of para-hydroxylation sites is 1. The predicted octanol–water partition coefficient (Wildman–Crippen LogP) is 6.73. The monoisotopic (exact) mass is 421 g/mol. The first-order valence-electron chi connectivity index (χ1n) is 10.8. The lowest BCUT2D eigenvalue weighted by atomic mass is 10.0. The molecule has 32 heavy (non-hydrogen) atoms. The third kappa shape index (κ3) is 5.25. The van der Waals surface area contributed by atoms with Gasteiger partial charge in [0.2, 0.25) is 0 Å². The fraction of sp³-hybridized carbons (Fsp3) is 0.138. The third-order valence-corrected chi connectivity index (χ3v) is 5.39. The first-order chi connectivity index (χ1) is 15.6. The number of hydrogen-bond donors (Lipinski definition) is 0. The first kappa shape index (κ1) is 21.4. The summed E-state index contributed by atoms with van der Waals surface area (Å²) in [4.78, 5) is 15.6. The molecular formula is C29H27NO2. The summed E-state index contributed by atoms with van der Waals surface area (Å²) in [5.74, 6) is 0.205. The van der Waals surface area contributed by atoms with Crippen LogP contribution in [0.15, 0.2) is 103 Å². The van der Waals surface area contributed by atoms with E-state index in [2.05, 4.69) is 42.2 Å². The van der Waals surface area contributed by atoms with Crippen molar-refractivity contribution in [1.82, 2.24) is 0 Å². The second kappa shape index (κ2) is 9.97. The van der Waals surface area contributed by atoms with Gasteiger partial charge in [-0.05, 0) is 54.3 Å². The van der Waals surface area contributed by atoms with Gasteiger partial charge < -0.3 is 9.64 Å². The van der Waals surface area contributed by atoms with Gasteiger partial charge in [-0.2, -0.15) is 0 Å². The van der Waals surface area contributed by atoms with Gasteiger partial charge in [0, 0.05) is 13.1 Å². The van der Waals surface area contributed by atoms with Gasteiger partial charge in [-0.3, -0.25) is 0 Å². The van der Waals surface area contributed by atoms with E-state index in [9.17, 15) is 4.79 Å². The van der Waals surface area contributed by atoms with E-state index in [1.165, 1.54) is 11.1 Å². The summed E-state index contributed by atoms with van der Waals surface area (Å²) in [6.07, 6.45) is 0. The van der Waals surface area contributed by atoms with Gasteiger partial charge in [-0.25, -0.2) is 4.79 Å². The molecule has 0 aliphatic carbocycles. The molecule has 0 fully saturated rings. The average molecular weight is 422 g/mol. The molecule has 0 aliphatic heterocycles. The van der Waals surface area contributed by atoms with Crippen molar-refractivity contribution in [3.05, 3.63) is 131 Å². The summed E-state index contributed by atoms with van der Waals surface area (Å²) in [5.41, 5.74) is 5.88. The van der Waals surface area contributed by atoms with Gasteiger partial charge in [0.25, 0.3) is 0 Å². The fourth-order valence-corrected chi connectivity index (χ4v) is 3.94. The van der Waals surface area contributed by atoms with E-state index in [1.54, 1.807) is 12.1 Å². The average Bonchev–Trinajstić information content (AvgIpc) is 2.80. The molecule has 0 spiro atoms. The molecule has 0 saturated carbocycles. The molecule has 3 heteroatoms. The Morgan fingerprint density at radius 2 is 1.22 bits per heavy atom. The van der Waals surface area contributed by atoms with E-state index in [-0.39, 0.29) is 5.97 Å². The van der Waals surface area contributed by atoms with Crippen molar-refractivity contribution in [2.45, 2.75) is 26.9 Å². The molecule has 0 N–H and O–H groups in total. The number of rotatable bonds is 7. The zero-order chi connectivity index (χ0) is 22.3. The van der Waals surface area contributed by atoms with Crippen LogP contribution in [0.4, 0.5) is 5.69 Å². The van der Waals surface area contributed by atoms with Gasteiger partial charge in [-0.15, -0.1) is 0 Å². The Kier molecular flexibility index (Phi) is 6.66. The Hall–Kier alpha value is -3.85. The van der Waals surface area contributed by atoms with Crippen molar-refractivity contribution in [2.24, 2.45) is 0 Å². The van der Waals surface area contributed by atoms with Crippen LogP contribution in [0.2, 0.25) is 0 Å². The van der Waals surface area contributed by atoms with Crippen LogP contribution in [-0.4, -0.2) is 5.97 Å². The lowest BCUT2D eigenvalue weighted by Crippen LogP contribution is -2.26. The van der Waals surface area contributed by atoms with Gasteiger partial charge in [0.15, 0.2) is 0 Å². The molecule has 0 amide bonds. The number of nitrogens with zero attached hydrogens (tertiary/aromatic N) is 1. The second-order valence-corrected chi connectivity index (χ2v) is 8.01. The van der Waals surface area contributed by atoms with Crippen molar-refractivity contribution < 1.29 is 9.53 Å². The van der Waals surface area contributed by atoms with Crippen LogP contribution in [0.25, 0.3) is 0 Å². The number of carbonyl (C=O) groups excluding carboxylic acids is 1. The summed E-state index contributed by atoms with van der Waals surface area (Å²) in [7, 11) is 0. The van der Waals surface area contributed by atoms with Gasteiger partial charge >= 0.3 is 5.97 Å². The Balaban J connectivity index is 1.76. The number of benzene rings is 4. The predicted molar refractivity (Wildman–Crippen MR) is 130 cm³/mol. The summed E-state index contributed by atoms with van der Waals surface area (Å²) < 4.78 is 5.75. The SMILES string of the molecule is Cc1cc(C)c(C(=O)Oc2ccccc2)c(N(Cc2ccccc2)Cc2ccccc2)c1. The van der Waals surface area contributed by atoms with Crippen LogP contribution >= 0.6 is 0 Å². The molecule has 4 aromatic carbocycles. The van der Waals surface area contributed by atoms with E-state index < -0.39 is 0 Å². The molecule has 4 aromatic rings. The van der Waals surface area contributed by atoms with Crippen LogP contribution in [0.1, 0.15) is 32.6 Å². The van der Waals surface area contributed by atoms with Crippen LogP contribution in [0.5, 0.6) is 5.75 Å². The highest BCUT2D eigenvalue weighted by molar-refractivity contribution is 5.99. The van der Waals surface area contributed by atoms with E-state index in [1.807, 2.05) is 67.6 Å². The second-order valence-electron chi connectivity index (χ2n) is 8.01. The fourth-order valence-electron chi connectivity index (χ4n) is 3.94. The Morgan fingerprint density at radius 1 is 0.719 bits per heavy atom. The molecule has 0 aliphatic rings. The number of anilines is 1. The largest absolute Gasteiger partial charge is 0.423 e. The van der Waals surface area contributed by atoms with Crippen molar-refractivity contribution >= 4 is 11.7 Å². The molecule has 160 valence electrons. The first-order valence-corrected chi connectivity index (χ1v) is 10.8. The lowest BCUT2D eigenvalue weighted by Gasteiger charge is -2.28. The van der Waals surface area contributed by atoms with Gasteiger partial charge in [-0.1, -0.05) is 84.9 Å². The Morgan fingerprint density at radius 3 is 1.75 bits per heavy atom. The summed E-state index contributed by atoms with van der Waals surface area (Å²) >= 11 is 0. The van der Waals surface area contributed by atoms with Gasteiger partial charge in [0.1, 0.15) is 5.75 Å². The summed E-state index contributed by atoms with van der Waals surface area (Å²) in [6, 6.07) is 34.0. The number of hydrogen-bond acceptors (Lipinski definition) is 3. The highest BCUT2D eigenvalue weighted by Gasteiger charge is 2.22. The zero-order valence-electron chi connectivity index (χ0n) is 18.5. The van der Waals surface area contributed by atoms with Crippen molar-refractivity contribution in [2.75, 3.05) is 4.90 Å². The van der Waals surface area contributed by atoms with Crippen molar-refractivity contribution in [3.63, 3.8) is 0 Å². The number of carbonyl (C=O) groups is 1. The molecule has 0 radical (unpaired) electrons. The summed E-state index contributed by atoms with van der Waals surface area (Å²) in [5, 5.41) is 0. The quantitative estimate of drug-likeness (QED) is 0.245. The van der Waals surface area contributed by atoms with Crippen molar-refractivity contribution in [3.8, 4) is 5.75 Å². The maximum Gasteiger partial charge on any atom is 0.345 e. The minimum atomic E-state index is -0.338. The van der Waals surface area contributed by atoms with E-state index in [0.29, 0.717) is 24.4 Å². The minimum absolute atomic E-state index is 0.338. The Labute approximate surface area is 189 Å². The maximum absolute atomic E-state index is 13.3. The van der Waals surface area contributed by atoms with Gasteiger partial charge in [0.05, 0.1) is 11.3 Å². The third-order valence-electron chi connectivity index (χ3n) is 5.39. The van der Waals surface area contributed by atoms with Crippen LogP contribution < -0.4 is 9.64 Å². The molecular weight excluding hydrogens is 394 g/mol. The number of aryl methyl sites for hydroxylation is 2. The molecule has 0 atom stereocenters. The van der Waals surface area contributed by atoms with E-state index in [0.717, 1.165) is 16.8 Å². The molecule has 0 heterocycles. The number of ether oxygens (including phenoxy) is 1. The van der Waals surface area contributed by atoms with Crippen LogP contribution in [0, 0.1) is 13.8 Å². The summed E-state index contributed by atoms with van der Waals surface area (Å²) in [6.45, 7) is 5.40. The van der Waals surface area contributed by atoms with E-state index in [4.69, 9.17) is 4.74 Å². The molecule has 0 bridgehead atoms. The minimum Gasteiger partial charge on any atom is -0.423 e. The molecule has 0 unspecified atom stereocenters. The molecule has 4 rings (SSSR count). The molecule has 3 nitrogen and oxygen atoms in total.